The summed E-state index contributed by atoms with van der Waals surface area (Å²) in [5.41, 5.74) is 0. The average molecular weight is 252 g/mol. The van der Waals surface area contributed by atoms with Gasteiger partial charge in [-0.25, -0.2) is 4.57 Å². The standard InChI is InChI=1S/C11H25O4P/c1-5-7-9(3)11(10(4)8-6-2)15-16(12,13)14/h9-11H,5-8H2,1-4H3,(H2,12,13,14). The van der Waals surface area contributed by atoms with Crippen LogP contribution in [-0.4, -0.2) is 15.9 Å². The van der Waals surface area contributed by atoms with Gasteiger partial charge in [0.25, 0.3) is 0 Å². The Kier molecular flexibility index (Phi) is 7.49. The molecule has 98 valence electrons. The molecule has 0 aromatic rings. The van der Waals surface area contributed by atoms with Crippen LogP contribution in [0.25, 0.3) is 0 Å². The van der Waals surface area contributed by atoms with Crippen LogP contribution in [0.1, 0.15) is 53.4 Å². The van der Waals surface area contributed by atoms with Crippen molar-refractivity contribution < 1.29 is 18.9 Å². The zero-order chi connectivity index (χ0) is 12.8. The Bertz CT molecular complexity index is 214. The van der Waals surface area contributed by atoms with Gasteiger partial charge in [0, 0.05) is 0 Å². The van der Waals surface area contributed by atoms with Crippen molar-refractivity contribution in [3.05, 3.63) is 0 Å². The zero-order valence-electron chi connectivity index (χ0n) is 10.7. The molecule has 0 heterocycles. The lowest BCUT2D eigenvalue weighted by molar-refractivity contribution is 0.0479. The van der Waals surface area contributed by atoms with E-state index in [0.29, 0.717) is 0 Å². The van der Waals surface area contributed by atoms with Crippen LogP contribution in [0.4, 0.5) is 0 Å². The molecule has 0 aliphatic carbocycles. The molecule has 0 saturated carbocycles. The van der Waals surface area contributed by atoms with Crippen molar-refractivity contribution in [1.82, 2.24) is 0 Å². The minimum atomic E-state index is -4.38. The van der Waals surface area contributed by atoms with E-state index in [9.17, 15) is 4.57 Å². The number of phosphoric ester groups is 1. The molecule has 0 rings (SSSR count). The summed E-state index contributed by atoms with van der Waals surface area (Å²) in [4.78, 5) is 17.8. The zero-order valence-corrected chi connectivity index (χ0v) is 11.6. The molecule has 0 aromatic heterocycles. The minimum Gasteiger partial charge on any atom is -0.303 e. The number of hydrogen-bond acceptors (Lipinski definition) is 2. The first-order chi connectivity index (χ1) is 7.31. The molecule has 16 heavy (non-hydrogen) atoms. The van der Waals surface area contributed by atoms with Gasteiger partial charge in [0.2, 0.25) is 0 Å². The maximum Gasteiger partial charge on any atom is 0.469 e. The summed E-state index contributed by atoms with van der Waals surface area (Å²) in [6.45, 7) is 8.12. The van der Waals surface area contributed by atoms with Gasteiger partial charge in [0.15, 0.2) is 0 Å². The van der Waals surface area contributed by atoms with E-state index in [1.54, 1.807) is 0 Å². The molecule has 2 N–H and O–H groups in total. The first kappa shape index (κ1) is 16.1. The monoisotopic (exact) mass is 252 g/mol. The van der Waals surface area contributed by atoms with Gasteiger partial charge >= 0.3 is 7.82 Å². The third-order valence-electron chi connectivity index (χ3n) is 2.87. The van der Waals surface area contributed by atoms with Gasteiger partial charge in [-0.2, -0.15) is 0 Å². The van der Waals surface area contributed by atoms with E-state index < -0.39 is 7.82 Å². The lowest BCUT2D eigenvalue weighted by atomic mass is 9.88. The van der Waals surface area contributed by atoms with Crippen LogP contribution in [0.15, 0.2) is 0 Å². The third kappa shape index (κ3) is 6.64. The summed E-state index contributed by atoms with van der Waals surface area (Å²) in [6, 6.07) is 0. The van der Waals surface area contributed by atoms with Crippen LogP contribution < -0.4 is 0 Å². The van der Waals surface area contributed by atoms with Gasteiger partial charge in [-0.3, -0.25) is 4.52 Å². The summed E-state index contributed by atoms with van der Waals surface area (Å²) in [5.74, 6) is 0.360. The summed E-state index contributed by atoms with van der Waals surface area (Å²) < 4.78 is 15.9. The minimum absolute atomic E-state index is 0.180. The maximum absolute atomic E-state index is 10.9. The SMILES string of the molecule is CCCC(C)C(OP(=O)(O)O)C(C)CCC. The Morgan fingerprint density at radius 3 is 1.69 bits per heavy atom. The molecule has 0 bridgehead atoms. The normalized spacial score (nSPS) is 18.1. The van der Waals surface area contributed by atoms with E-state index in [2.05, 4.69) is 13.8 Å². The Hall–Kier alpha value is 0.110. The van der Waals surface area contributed by atoms with Gasteiger partial charge in [-0.1, -0.05) is 40.5 Å². The highest BCUT2D eigenvalue weighted by Crippen LogP contribution is 2.42. The van der Waals surface area contributed by atoms with E-state index in [4.69, 9.17) is 14.3 Å². The number of phosphoric acid groups is 1. The fourth-order valence-corrected chi connectivity index (χ4v) is 2.90. The molecular formula is C11H25O4P. The molecule has 0 radical (unpaired) electrons. The predicted octanol–water partition coefficient (Wildman–Crippen LogP) is 3.34. The molecule has 0 fully saturated rings. The molecule has 5 heteroatoms. The van der Waals surface area contributed by atoms with Crippen molar-refractivity contribution in [2.75, 3.05) is 0 Å². The Morgan fingerprint density at radius 2 is 1.44 bits per heavy atom. The Balaban J connectivity index is 4.55. The molecule has 0 spiro atoms. The van der Waals surface area contributed by atoms with E-state index in [0.717, 1.165) is 25.7 Å². The summed E-state index contributed by atoms with van der Waals surface area (Å²) in [7, 11) is -4.38. The highest BCUT2D eigenvalue weighted by molar-refractivity contribution is 7.46. The van der Waals surface area contributed by atoms with Crippen LogP contribution >= 0.6 is 7.82 Å². The molecule has 4 nitrogen and oxygen atoms in total. The number of rotatable bonds is 8. The van der Waals surface area contributed by atoms with Crippen molar-refractivity contribution in [2.45, 2.75) is 59.5 Å². The highest BCUT2D eigenvalue weighted by atomic mass is 31.2. The summed E-state index contributed by atoms with van der Waals surface area (Å²) >= 11 is 0. The third-order valence-corrected chi connectivity index (χ3v) is 3.39. The van der Waals surface area contributed by atoms with Gasteiger partial charge in [0.1, 0.15) is 0 Å². The Labute approximate surface area is 98.6 Å². The quantitative estimate of drug-likeness (QED) is 0.650. The van der Waals surface area contributed by atoms with E-state index in [1.165, 1.54) is 0 Å². The van der Waals surface area contributed by atoms with Crippen molar-refractivity contribution in [2.24, 2.45) is 11.8 Å². The van der Waals surface area contributed by atoms with Crippen LogP contribution in [0, 0.1) is 11.8 Å². The van der Waals surface area contributed by atoms with E-state index in [1.807, 2.05) is 13.8 Å². The molecule has 2 unspecified atom stereocenters. The molecular weight excluding hydrogens is 227 g/mol. The fourth-order valence-electron chi connectivity index (χ4n) is 2.17. The van der Waals surface area contributed by atoms with Gasteiger partial charge in [0.05, 0.1) is 6.10 Å². The molecule has 0 amide bonds. The first-order valence-corrected chi connectivity index (χ1v) is 7.58. The van der Waals surface area contributed by atoms with E-state index in [-0.39, 0.29) is 17.9 Å². The van der Waals surface area contributed by atoms with Gasteiger partial charge < -0.3 is 9.79 Å². The van der Waals surface area contributed by atoms with Crippen LogP contribution in [0.5, 0.6) is 0 Å². The van der Waals surface area contributed by atoms with Crippen molar-refractivity contribution in [3.63, 3.8) is 0 Å². The molecule has 0 saturated heterocycles. The smallest absolute Gasteiger partial charge is 0.303 e. The van der Waals surface area contributed by atoms with Crippen molar-refractivity contribution in [1.29, 1.82) is 0 Å². The lowest BCUT2D eigenvalue weighted by Gasteiger charge is -2.29. The number of hydrogen-bond donors (Lipinski definition) is 2. The second-order valence-corrected chi connectivity index (χ2v) is 5.78. The second-order valence-electron chi connectivity index (χ2n) is 4.59. The predicted molar refractivity (Wildman–Crippen MR) is 65.1 cm³/mol. The molecule has 0 aromatic carbocycles. The fraction of sp³-hybridized carbons (Fsp3) is 1.00. The van der Waals surface area contributed by atoms with Gasteiger partial charge in [-0.15, -0.1) is 0 Å². The van der Waals surface area contributed by atoms with Crippen LogP contribution in [-0.2, 0) is 9.09 Å². The van der Waals surface area contributed by atoms with Gasteiger partial charge in [-0.05, 0) is 24.7 Å². The maximum atomic E-state index is 10.9. The summed E-state index contributed by atoms with van der Waals surface area (Å²) in [5, 5.41) is 0. The molecule has 2 atom stereocenters. The topological polar surface area (TPSA) is 66.8 Å². The average Bonchev–Trinajstić information content (AvgIpc) is 2.13. The van der Waals surface area contributed by atoms with Crippen molar-refractivity contribution in [3.8, 4) is 0 Å². The first-order valence-electron chi connectivity index (χ1n) is 6.05. The lowest BCUT2D eigenvalue weighted by Crippen LogP contribution is -2.28. The Morgan fingerprint density at radius 1 is 1.06 bits per heavy atom. The molecule has 0 aliphatic rings. The van der Waals surface area contributed by atoms with E-state index >= 15 is 0 Å². The summed E-state index contributed by atoms with van der Waals surface area (Å²) in [6.07, 6.45) is 3.51. The van der Waals surface area contributed by atoms with Crippen molar-refractivity contribution >= 4 is 7.82 Å². The van der Waals surface area contributed by atoms with Crippen LogP contribution in [0.3, 0.4) is 0 Å². The van der Waals surface area contributed by atoms with Crippen LogP contribution in [0.2, 0.25) is 0 Å². The highest BCUT2D eigenvalue weighted by Gasteiger charge is 2.30. The second kappa shape index (κ2) is 7.44. The molecule has 0 aliphatic heterocycles. The largest absolute Gasteiger partial charge is 0.469 e.